The van der Waals surface area contributed by atoms with E-state index in [4.69, 9.17) is 9.73 Å². The fourth-order valence-electron chi connectivity index (χ4n) is 4.43. The van der Waals surface area contributed by atoms with Crippen LogP contribution in [0.2, 0.25) is 0 Å². The van der Waals surface area contributed by atoms with E-state index >= 15 is 0 Å². The first-order chi connectivity index (χ1) is 14.1. The average molecular weight is 401 g/mol. The number of likely N-dealkylation sites (tertiary alicyclic amines) is 1. The molecule has 2 saturated heterocycles. The van der Waals surface area contributed by atoms with Crippen molar-refractivity contribution in [1.29, 1.82) is 0 Å². The van der Waals surface area contributed by atoms with Gasteiger partial charge in [-0.1, -0.05) is 24.3 Å². The number of benzene rings is 1. The molecule has 6 nitrogen and oxygen atoms in total. The molecular formula is C23H36N4O2. The van der Waals surface area contributed by atoms with Crippen LogP contribution in [0.1, 0.15) is 50.2 Å². The Bertz CT molecular complexity index is 698. The lowest BCUT2D eigenvalue weighted by atomic mass is 9.72. The molecule has 29 heavy (non-hydrogen) atoms. The molecule has 6 heteroatoms. The number of rotatable bonds is 8. The smallest absolute Gasteiger partial charge is 0.222 e. The van der Waals surface area contributed by atoms with Gasteiger partial charge in [-0.3, -0.25) is 9.79 Å². The van der Waals surface area contributed by atoms with Crippen molar-refractivity contribution in [2.45, 2.75) is 51.4 Å². The van der Waals surface area contributed by atoms with Crippen molar-refractivity contribution in [3.8, 4) is 0 Å². The summed E-state index contributed by atoms with van der Waals surface area (Å²) in [4.78, 5) is 18.7. The number of aliphatic imine (C=N–C) groups is 1. The van der Waals surface area contributed by atoms with E-state index in [0.29, 0.717) is 12.3 Å². The van der Waals surface area contributed by atoms with Gasteiger partial charge in [0.25, 0.3) is 0 Å². The minimum atomic E-state index is 0.0356. The van der Waals surface area contributed by atoms with Crippen molar-refractivity contribution >= 4 is 11.9 Å². The van der Waals surface area contributed by atoms with Gasteiger partial charge in [0.15, 0.2) is 5.96 Å². The molecule has 0 saturated carbocycles. The Morgan fingerprint density at radius 3 is 2.72 bits per heavy atom. The fourth-order valence-corrected chi connectivity index (χ4v) is 4.43. The van der Waals surface area contributed by atoms with E-state index in [0.717, 1.165) is 77.6 Å². The average Bonchev–Trinajstić information content (AvgIpc) is 3.15. The molecule has 0 aliphatic carbocycles. The molecule has 2 aliphatic rings. The minimum absolute atomic E-state index is 0.0356. The lowest BCUT2D eigenvalue weighted by molar-refractivity contribution is -0.127. The highest BCUT2D eigenvalue weighted by molar-refractivity contribution is 5.80. The minimum Gasteiger partial charge on any atom is -0.381 e. The van der Waals surface area contributed by atoms with E-state index in [1.165, 1.54) is 11.1 Å². The van der Waals surface area contributed by atoms with Crippen LogP contribution in [-0.4, -0.2) is 62.7 Å². The summed E-state index contributed by atoms with van der Waals surface area (Å²) in [6.45, 7) is 10.00. The lowest BCUT2D eigenvalue weighted by Crippen LogP contribution is -2.42. The zero-order valence-electron chi connectivity index (χ0n) is 18.0. The standard InChI is InChI=1S/C23H36N4O2/c1-3-24-22(25-13-7-15-27-14-6-10-21(27)28)26-18-23(11-16-29-17-12-23)20-9-5-4-8-19(20)2/h4-5,8-9H,3,6-7,10-18H2,1-2H3,(H2,24,25,26). The molecule has 1 aromatic carbocycles. The van der Waals surface area contributed by atoms with Gasteiger partial charge >= 0.3 is 0 Å². The van der Waals surface area contributed by atoms with Crippen LogP contribution in [0.5, 0.6) is 0 Å². The van der Waals surface area contributed by atoms with Crippen molar-refractivity contribution in [2.75, 3.05) is 45.9 Å². The second kappa shape index (κ2) is 10.6. The summed E-state index contributed by atoms with van der Waals surface area (Å²) in [5.74, 6) is 1.16. The van der Waals surface area contributed by atoms with Crippen LogP contribution < -0.4 is 10.6 Å². The van der Waals surface area contributed by atoms with E-state index in [9.17, 15) is 4.79 Å². The molecule has 0 atom stereocenters. The third-order valence-corrected chi connectivity index (χ3v) is 6.12. The topological polar surface area (TPSA) is 66.0 Å². The number of ether oxygens (including phenoxy) is 1. The van der Waals surface area contributed by atoms with E-state index in [1.54, 1.807) is 0 Å². The summed E-state index contributed by atoms with van der Waals surface area (Å²) in [7, 11) is 0. The molecular weight excluding hydrogens is 364 g/mol. The van der Waals surface area contributed by atoms with Crippen LogP contribution in [0.15, 0.2) is 29.3 Å². The predicted molar refractivity (Wildman–Crippen MR) is 117 cm³/mol. The third kappa shape index (κ3) is 5.72. The summed E-state index contributed by atoms with van der Waals surface area (Å²) >= 11 is 0. The Kier molecular flexibility index (Phi) is 7.92. The van der Waals surface area contributed by atoms with Crippen LogP contribution in [0.4, 0.5) is 0 Å². The first-order valence-electron chi connectivity index (χ1n) is 11.1. The fraction of sp³-hybridized carbons (Fsp3) is 0.652. The van der Waals surface area contributed by atoms with Gasteiger partial charge < -0.3 is 20.3 Å². The number of nitrogens with one attached hydrogen (secondary N) is 2. The highest BCUT2D eigenvalue weighted by Gasteiger charge is 2.35. The molecule has 3 rings (SSSR count). The van der Waals surface area contributed by atoms with Gasteiger partial charge in [-0.2, -0.15) is 0 Å². The van der Waals surface area contributed by atoms with Gasteiger partial charge in [-0.25, -0.2) is 0 Å². The number of hydrogen-bond donors (Lipinski definition) is 2. The van der Waals surface area contributed by atoms with Gasteiger partial charge in [-0.15, -0.1) is 0 Å². The maximum absolute atomic E-state index is 11.7. The molecule has 0 radical (unpaired) electrons. The van der Waals surface area contributed by atoms with Gasteiger partial charge in [0.1, 0.15) is 0 Å². The zero-order chi connectivity index (χ0) is 20.5. The molecule has 0 aromatic heterocycles. The molecule has 160 valence electrons. The SMILES string of the molecule is CCNC(=NCC1(c2ccccc2C)CCOCC1)NCCCN1CCCC1=O. The van der Waals surface area contributed by atoms with Gasteiger partial charge in [0.2, 0.25) is 5.91 Å². The van der Waals surface area contributed by atoms with E-state index < -0.39 is 0 Å². The Balaban J connectivity index is 1.61. The number of nitrogens with zero attached hydrogens (tertiary/aromatic N) is 2. The predicted octanol–water partition coefficient (Wildman–Crippen LogP) is 2.61. The zero-order valence-corrected chi connectivity index (χ0v) is 18.0. The monoisotopic (exact) mass is 400 g/mol. The van der Waals surface area contributed by atoms with Crippen molar-refractivity contribution in [3.63, 3.8) is 0 Å². The Morgan fingerprint density at radius 1 is 1.24 bits per heavy atom. The Labute approximate surface area is 175 Å². The summed E-state index contributed by atoms with van der Waals surface area (Å²) in [6, 6.07) is 8.68. The first kappa shape index (κ1) is 21.6. The van der Waals surface area contributed by atoms with Crippen LogP contribution in [0.3, 0.4) is 0 Å². The van der Waals surface area contributed by atoms with E-state index in [1.807, 2.05) is 4.90 Å². The molecule has 2 aliphatic heterocycles. The summed E-state index contributed by atoms with van der Waals surface area (Å²) in [5.41, 5.74) is 2.77. The first-order valence-corrected chi connectivity index (χ1v) is 11.1. The van der Waals surface area contributed by atoms with Gasteiger partial charge in [0.05, 0.1) is 6.54 Å². The van der Waals surface area contributed by atoms with Gasteiger partial charge in [0, 0.05) is 51.2 Å². The molecule has 0 bridgehead atoms. The lowest BCUT2D eigenvalue weighted by Gasteiger charge is -2.37. The number of amides is 1. The molecule has 1 aromatic rings. The maximum Gasteiger partial charge on any atom is 0.222 e. The molecule has 2 fully saturated rings. The third-order valence-electron chi connectivity index (χ3n) is 6.12. The normalized spacial score (nSPS) is 19.4. The number of carbonyl (C=O) groups excluding carboxylic acids is 1. The van der Waals surface area contributed by atoms with Crippen LogP contribution in [-0.2, 0) is 14.9 Å². The summed E-state index contributed by atoms with van der Waals surface area (Å²) in [6.07, 6.45) is 4.64. The van der Waals surface area contributed by atoms with Gasteiger partial charge in [-0.05, 0) is 50.7 Å². The Morgan fingerprint density at radius 2 is 2.03 bits per heavy atom. The van der Waals surface area contributed by atoms with Crippen molar-refractivity contribution in [1.82, 2.24) is 15.5 Å². The van der Waals surface area contributed by atoms with Crippen LogP contribution >= 0.6 is 0 Å². The second-order valence-corrected chi connectivity index (χ2v) is 8.17. The van der Waals surface area contributed by atoms with E-state index in [-0.39, 0.29) is 5.41 Å². The summed E-state index contributed by atoms with van der Waals surface area (Å²) in [5, 5.41) is 6.82. The van der Waals surface area contributed by atoms with Crippen molar-refractivity contribution in [2.24, 2.45) is 4.99 Å². The highest BCUT2D eigenvalue weighted by Crippen LogP contribution is 2.37. The molecule has 1 amide bonds. The number of carbonyl (C=O) groups is 1. The number of guanidine groups is 1. The highest BCUT2D eigenvalue weighted by atomic mass is 16.5. The van der Waals surface area contributed by atoms with Crippen LogP contribution in [0, 0.1) is 6.92 Å². The molecule has 2 N–H and O–H groups in total. The Hall–Kier alpha value is -2.08. The molecule has 0 spiro atoms. The van der Waals surface area contributed by atoms with Crippen molar-refractivity contribution < 1.29 is 9.53 Å². The molecule has 2 heterocycles. The largest absolute Gasteiger partial charge is 0.381 e. The van der Waals surface area contributed by atoms with Crippen molar-refractivity contribution in [3.05, 3.63) is 35.4 Å². The second-order valence-electron chi connectivity index (χ2n) is 8.17. The maximum atomic E-state index is 11.7. The molecule has 0 unspecified atom stereocenters. The summed E-state index contributed by atoms with van der Waals surface area (Å²) < 4.78 is 5.67. The quantitative estimate of drug-likeness (QED) is 0.400. The number of aryl methyl sites for hydroxylation is 1. The van der Waals surface area contributed by atoms with Crippen LogP contribution in [0.25, 0.3) is 0 Å². The van der Waals surface area contributed by atoms with E-state index in [2.05, 4.69) is 48.7 Å². The number of hydrogen-bond acceptors (Lipinski definition) is 3.